The molecule has 0 fully saturated rings. The molecule has 0 N–H and O–H groups in total. The maximum Gasteiger partial charge on any atom is 0.0538 e. The minimum Gasteiger partial charge on any atom is -0.344 e. The number of hydrogen-bond donors (Lipinski definition) is 0. The molecule has 0 amide bonds. The van der Waals surface area contributed by atoms with Gasteiger partial charge in [0.05, 0.1) is 11.2 Å². The Labute approximate surface area is 194 Å². The zero-order valence-electron chi connectivity index (χ0n) is 19.0. The molecule has 2 heterocycles. The summed E-state index contributed by atoms with van der Waals surface area (Å²) in [5.41, 5.74) is 11.5. The van der Waals surface area contributed by atoms with E-state index in [0.717, 1.165) is 6.42 Å². The van der Waals surface area contributed by atoms with Crippen LogP contribution in [0.2, 0.25) is 0 Å². The average molecular weight is 427 g/mol. The van der Waals surface area contributed by atoms with Gasteiger partial charge in [-0.1, -0.05) is 61.2 Å². The monoisotopic (exact) mass is 426 g/mol. The van der Waals surface area contributed by atoms with Crippen LogP contribution in [-0.2, 0) is 13.5 Å². The van der Waals surface area contributed by atoms with Gasteiger partial charge < -0.3 is 9.13 Å². The fourth-order valence-electron chi connectivity index (χ4n) is 5.31. The van der Waals surface area contributed by atoms with Gasteiger partial charge in [-0.05, 0) is 78.1 Å². The van der Waals surface area contributed by atoms with Gasteiger partial charge in [0.1, 0.15) is 0 Å². The van der Waals surface area contributed by atoms with Crippen LogP contribution in [0.5, 0.6) is 0 Å². The number of hydrogen-bond acceptors (Lipinski definition) is 0. The standard InChI is InChI=1S/C31H26N2/c1-4-5-13-28-21(2)25-17-15-23(20-31(25)32(28)3)22-16-18-30-27(19-22)26-12-9-14-29(26)33(30)24-10-7-6-8-11-24/h4-11,13-20H,1,12H2,2-3H3/b13-5-. The largest absolute Gasteiger partial charge is 0.344 e. The van der Waals surface area contributed by atoms with Crippen molar-refractivity contribution in [2.75, 3.05) is 0 Å². The van der Waals surface area contributed by atoms with Gasteiger partial charge in [-0.15, -0.1) is 0 Å². The quantitative estimate of drug-likeness (QED) is 0.259. The second-order valence-corrected chi connectivity index (χ2v) is 8.77. The van der Waals surface area contributed by atoms with Gasteiger partial charge in [-0.3, -0.25) is 0 Å². The highest BCUT2D eigenvalue weighted by atomic mass is 15.0. The fourth-order valence-corrected chi connectivity index (χ4v) is 5.31. The highest BCUT2D eigenvalue weighted by molar-refractivity contribution is 5.96. The van der Waals surface area contributed by atoms with Crippen molar-refractivity contribution in [1.29, 1.82) is 0 Å². The van der Waals surface area contributed by atoms with Gasteiger partial charge in [0.25, 0.3) is 0 Å². The highest BCUT2D eigenvalue weighted by Gasteiger charge is 2.19. The van der Waals surface area contributed by atoms with Crippen LogP contribution in [0.25, 0.3) is 50.8 Å². The Kier molecular flexibility index (Phi) is 4.48. The molecule has 0 saturated heterocycles. The highest BCUT2D eigenvalue weighted by Crippen LogP contribution is 2.37. The number of allylic oxidation sites excluding steroid dienone is 3. The molecule has 0 saturated carbocycles. The first kappa shape index (κ1) is 19.6. The smallest absolute Gasteiger partial charge is 0.0538 e. The molecule has 5 aromatic rings. The zero-order chi connectivity index (χ0) is 22.5. The summed E-state index contributed by atoms with van der Waals surface area (Å²) in [5, 5.41) is 2.64. The minimum atomic E-state index is 0.990. The summed E-state index contributed by atoms with van der Waals surface area (Å²) in [6.45, 7) is 6.00. The van der Waals surface area contributed by atoms with Crippen LogP contribution in [-0.4, -0.2) is 9.13 Å². The Morgan fingerprint density at radius 2 is 1.67 bits per heavy atom. The number of rotatable bonds is 4. The molecule has 2 heteroatoms. The van der Waals surface area contributed by atoms with Crippen molar-refractivity contribution in [3.8, 4) is 16.8 Å². The van der Waals surface area contributed by atoms with Crippen molar-refractivity contribution in [2.45, 2.75) is 13.3 Å². The molecular formula is C31H26N2. The van der Waals surface area contributed by atoms with Crippen LogP contribution in [0, 0.1) is 6.92 Å². The molecule has 33 heavy (non-hydrogen) atoms. The van der Waals surface area contributed by atoms with Crippen molar-refractivity contribution in [3.63, 3.8) is 0 Å². The number of aromatic nitrogens is 2. The van der Waals surface area contributed by atoms with Crippen LogP contribution in [0.4, 0.5) is 0 Å². The van der Waals surface area contributed by atoms with Crippen LogP contribution in [0.1, 0.15) is 22.5 Å². The second kappa shape index (κ2) is 7.53. The van der Waals surface area contributed by atoms with E-state index >= 15 is 0 Å². The first-order valence-corrected chi connectivity index (χ1v) is 11.4. The molecule has 3 aromatic carbocycles. The van der Waals surface area contributed by atoms with Crippen molar-refractivity contribution in [3.05, 3.63) is 114 Å². The summed E-state index contributed by atoms with van der Waals surface area (Å²) in [7, 11) is 2.14. The maximum atomic E-state index is 3.81. The average Bonchev–Trinajstić information content (AvgIpc) is 3.50. The summed E-state index contributed by atoms with van der Waals surface area (Å²) in [4.78, 5) is 0. The van der Waals surface area contributed by atoms with E-state index in [2.05, 4.69) is 115 Å². The van der Waals surface area contributed by atoms with Gasteiger partial charge in [0, 0.05) is 34.7 Å². The number of para-hydroxylation sites is 1. The Bertz CT molecular complexity index is 1600. The second-order valence-electron chi connectivity index (χ2n) is 8.77. The first-order chi connectivity index (χ1) is 16.2. The SMILES string of the molecule is C=C/C=C\c1c(C)c2ccc(-c3ccc4c(c3)c3c(n4-c4ccccc4)C=CC3)cc2n1C. The van der Waals surface area contributed by atoms with Crippen LogP contribution in [0.15, 0.2) is 91.5 Å². The molecule has 1 aliphatic carbocycles. The van der Waals surface area contributed by atoms with Crippen molar-refractivity contribution >= 4 is 34.0 Å². The Morgan fingerprint density at radius 3 is 2.48 bits per heavy atom. The van der Waals surface area contributed by atoms with Crippen LogP contribution >= 0.6 is 0 Å². The lowest BCUT2D eigenvalue weighted by Gasteiger charge is -2.09. The van der Waals surface area contributed by atoms with Gasteiger partial charge in [-0.2, -0.15) is 0 Å². The van der Waals surface area contributed by atoms with Crippen molar-refractivity contribution in [1.82, 2.24) is 9.13 Å². The topological polar surface area (TPSA) is 9.86 Å². The minimum absolute atomic E-state index is 0.990. The molecule has 0 bridgehead atoms. The molecule has 0 radical (unpaired) electrons. The number of nitrogens with zero attached hydrogens (tertiary/aromatic N) is 2. The molecular weight excluding hydrogens is 400 g/mol. The summed E-state index contributed by atoms with van der Waals surface area (Å²) >= 11 is 0. The van der Waals surface area contributed by atoms with Crippen molar-refractivity contribution < 1.29 is 0 Å². The molecule has 0 atom stereocenters. The van der Waals surface area contributed by atoms with Gasteiger partial charge in [0.15, 0.2) is 0 Å². The van der Waals surface area contributed by atoms with Crippen LogP contribution in [0.3, 0.4) is 0 Å². The van der Waals surface area contributed by atoms with Crippen LogP contribution < -0.4 is 0 Å². The third-order valence-corrected chi connectivity index (χ3v) is 6.96. The number of aryl methyl sites for hydroxylation is 2. The van der Waals surface area contributed by atoms with Crippen molar-refractivity contribution in [2.24, 2.45) is 7.05 Å². The van der Waals surface area contributed by atoms with E-state index in [4.69, 9.17) is 0 Å². The van der Waals surface area contributed by atoms with E-state index in [0.29, 0.717) is 0 Å². The van der Waals surface area contributed by atoms with E-state index in [1.165, 1.54) is 61.1 Å². The molecule has 2 nitrogen and oxygen atoms in total. The molecule has 6 rings (SSSR count). The number of benzene rings is 3. The Hall–Kier alpha value is -4.04. The van der Waals surface area contributed by atoms with Gasteiger partial charge in [0.2, 0.25) is 0 Å². The number of fused-ring (bicyclic) bond motifs is 4. The lowest BCUT2D eigenvalue weighted by atomic mass is 10.0. The molecule has 0 spiro atoms. The predicted octanol–water partition coefficient (Wildman–Crippen LogP) is 7.87. The Morgan fingerprint density at radius 1 is 0.879 bits per heavy atom. The lowest BCUT2D eigenvalue weighted by molar-refractivity contribution is 0.949. The normalized spacial score (nSPS) is 12.9. The van der Waals surface area contributed by atoms with E-state index in [1.54, 1.807) is 0 Å². The summed E-state index contributed by atoms with van der Waals surface area (Å²) in [5.74, 6) is 0. The third kappa shape index (κ3) is 2.95. The maximum absolute atomic E-state index is 3.81. The van der Waals surface area contributed by atoms with Gasteiger partial charge in [-0.25, -0.2) is 0 Å². The summed E-state index contributed by atoms with van der Waals surface area (Å²) in [6.07, 6.45) is 11.5. The van der Waals surface area contributed by atoms with E-state index < -0.39 is 0 Å². The van der Waals surface area contributed by atoms with E-state index in [9.17, 15) is 0 Å². The third-order valence-electron chi connectivity index (χ3n) is 6.96. The van der Waals surface area contributed by atoms with E-state index in [1.807, 2.05) is 12.2 Å². The zero-order valence-corrected chi connectivity index (χ0v) is 19.0. The van der Waals surface area contributed by atoms with Gasteiger partial charge >= 0.3 is 0 Å². The predicted molar refractivity (Wildman–Crippen MR) is 142 cm³/mol. The lowest BCUT2D eigenvalue weighted by Crippen LogP contribution is -1.95. The fraction of sp³-hybridized carbons (Fsp3) is 0.0968. The molecule has 0 unspecified atom stereocenters. The molecule has 0 aliphatic heterocycles. The molecule has 160 valence electrons. The van der Waals surface area contributed by atoms with E-state index in [-0.39, 0.29) is 0 Å². The molecule has 1 aliphatic rings. The summed E-state index contributed by atoms with van der Waals surface area (Å²) in [6, 6.07) is 24.4. The first-order valence-electron chi connectivity index (χ1n) is 11.4. The molecule has 2 aromatic heterocycles. The Balaban J connectivity index is 1.52. The summed E-state index contributed by atoms with van der Waals surface area (Å²) < 4.78 is 4.67.